The van der Waals surface area contributed by atoms with Crippen molar-refractivity contribution in [2.24, 2.45) is 0 Å². The fraction of sp³-hybridized carbons (Fsp3) is 0.391. The second-order valence-electron chi connectivity index (χ2n) is 7.65. The molecule has 0 N–H and O–H groups in total. The highest BCUT2D eigenvalue weighted by molar-refractivity contribution is 7.89. The summed E-state index contributed by atoms with van der Waals surface area (Å²) in [6.07, 6.45) is 0.491. The van der Waals surface area contributed by atoms with Gasteiger partial charge in [0.15, 0.2) is 12.4 Å². The van der Waals surface area contributed by atoms with E-state index in [0.29, 0.717) is 5.56 Å². The van der Waals surface area contributed by atoms with E-state index >= 15 is 0 Å². The van der Waals surface area contributed by atoms with E-state index in [4.69, 9.17) is 9.47 Å². The van der Waals surface area contributed by atoms with E-state index in [-0.39, 0.29) is 48.1 Å². The van der Waals surface area contributed by atoms with Crippen LogP contribution in [0, 0.1) is 0 Å². The topological polar surface area (TPSA) is 90.0 Å². The second kappa shape index (κ2) is 9.72. The van der Waals surface area contributed by atoms with E-state index in [1.54, 1.807) is 12.1 Å². The Morgan fingerprint density at radius 3 is 2.06 bits per heavy atom. The first kappa shape index (κ1) is 23.1. The molecule has 0 saturated carbocycles. The molecule has 2 atom stereocenters. The van der Waals surface area contributed by atoms with E-state index in [2.05, 4.69) is 0 Å². The molecule has 3 rings (SSSR count). The van der Waals surface area contributed by atoms with Crippen LogP contribution in [0.4, 0.5) is 0 Å². The Morgan fingerprint density at radius 1 is 0.968 bits per heavy atom. The maximum absolute atomic E-state index is 12.9. The third-order valence-corrected chi connectivity index (χ3v) is 6.98. The normalized spacial score (nSPS) is 19.7. The van der Waals surface area contributed by atoms with Crippen LogP contribution >= 0.6 is 0 Å². The number of benzene rings is 2. The first-order valence-corrected chi connectivity index (χ1v) is 11.7. The van der Waals surface area contributed by atoms with Crippen molar-refractivity contribution in [1.29, 1.82) is 0 Å². The lowest BCUT2D eigenvalue weighted by Crippen LogP contribution is -2.48. The Bertz CT molecular complexity index is 1020. The monoisotopic (exact) mass is 445 g/mol. The summed E-state index contributed by atoms with van der Waals surface area (Å²) < 4.78 is 37.9. The summed E-state index contributed by atoms with van der Waals surface area (Å²) in [5.41, 5.74) is 1.77. The van der Waals surface area contributed by atoms with Crippen molar-refractivity contribution < 1.29 is 27.5 Å². The van der Waals surface area contributed by atoms with Gasteiger partial charge in [-0.25, -0.2) is 13.2 Å². The zero-order valence-corrected chi connectivity index (χ0v) is 18.7. The summed E-state index contributed by atoms with van der Waals surface area (Å²) >= 11 is 0. The molecule has 0 aromatic heterocycles. The first-order chi connectivity index (χ1) is 14.7. The minimum atomic E-state index is -3.69. The van der Waals surface area contributed by atoms with Gasteiger partial charge in [0.05, 0.1) is 22.7 Å². The summed E-state index contributed by atoms with van der Waals surface area (Å²) in [4.78, 5) is 24.6. The summed E-state index contributed by atoms with van der Waals surface area (Å²) in [5, 5.41) is 0. The molecule has 2 unspecified atom stereocenters. The van der Waals surface area contributed by atoms with Gasteiger partial charge in [-0.05, 0) is 50.1 Å². The number of morpholine rings is 1. The van der Waals surface area contributed by atoms with E-state index < -0.39 is 16.0 Å². The number of hydrogen-bond acceptors (Lipinski definition) is 6. The molecule has 0 aliphatic carbocycles. The summed E-state index contributed by atoms with van der Waals surface area (Å²) in [6.45, 7) is 5.86. The van der Waals surface area contributed by atoms with Crippen molar-refractivity contribution in [3.63, 3.8) is 0 Å². The minimum Gasteiger partial charge on any atom is -0.454 e. The fourth-order valence-electron chi connectivity index (χ4n) is 3.46. The number of nitrogens with zero attached hydrogens (tertiary/aromatic N) is 1. The summed E-state index contributed by atoms with van der Waals surface area (Å²) in [6, 6.07) is 12.7. The number of carbonyl (C=O) groups excluding carboxylic acids is 2. The largest absolute Gasteiger partial charge is 0.454 e. The lowest BCUT2D eigenvalue weighted by molar-refractivity contribution is -0.0440. The van der Waals surface area contributed by atoms with Crippen LogP contribution in [0.5, 0.6) is 0 Å². The molecule has 2 aromatic rings. The number of sulfonamides is 1. The Hall–Kier alpha value is -2.55. The van der Waals surface area contributed by atoms with Gasteiger partial charge in [-0.2, -0.15) is 4.31 Å². The van der Waals surface area contributed by atoms with Crippen molar-refractivity contribution in [2.45, 2.75) is 44.3 Å². The molecule has 0 amide bonds. The fourth-order valence-corrected chi connectivity index (χ4v) is 5.05. The van der Waals surface area contributed by atoms with E-state index in [1.807, 2.05) is 32.9 Å². The van der Waals surface area contributed by atoms with Gasteiger partial charge in [-0.1, -0.05) is 31.2 Å². The highest BCUT2D eigenvalue weighted by atomic mass is 32.2. The van der Waals surface area contributed by atoms with Gasteiger partial charge in [0.2, 0.25) is 10.0 Å². The van der Waals surface area contributed by atoms with Gasteiger partial charge in [0.1, 0.15) is 0 Å². The van der Waals surface area contributed by atoms with Crippen LogP contribution in [0.25, 0.3) is 0 Å². The molecule has 8 heteroatoms. The Labute approximate surface area is 183 Å². The third kappa shape index (κ3) is 5.58. The van der Waals surface area contributed by atoms with Gasteiger partial charge in [0.25, 0.3) is 0 Å². The Kier molecular flexibility index (Phi) is 7.25. The molecular weight excluding hydrogens is 418 g/mol. The van der Waals surface area contributed by atoms with Gasteiger partial charge in [-0.3, -0.25) is 4.79 Å². The van der Waals surface area contributed by atoms with Crippen molar-refractivity contribution >= 4 is 21.8 Å². The average Bonchev–Trinajstić information content (AvgIpc) is 2.76. The van der Waals surface area contributed by atoms with Crippen molar-refractivity contribution in [2.75, 3.05) is 19.7 Å². The van der Waals surface area contributed by atoms with E-state index in [9.17, 15) is 18.0 Å². The first-order valence-electron chi connectivity index (χ1n) is 10.3. The highest BCUT2D eigenvalue weighted by Crippen LogP contribution is 2.21. The molecule has 31 heavy (non-hydrogen) atoms. The molecule has 0 spiro atoms. The predicted octanol–water partition coefficient (Wildman–Crippen LogP) is 3.09. The molecule has 1 saturated heterocycles. The summed E-state index contributed by atoms with van der Waals surface area (Å²) in [7, 11) is -3.69. The van der Waals surface area contributed by atoms with E-state index in [0.717, 1.165) is 12.0 Å². The molecule has 1 fully saturated rings. The number of aryl methyl sites for hydroxylation is 1. The number of carbonyl (C=O) groups is 2. The number of rotatable bonds is 7. The molecule has 1 heterocycles. The van der Waals surface area contributed by atoms with Gasteiger partial charge in [-0.15, -0.1) is 0 Å². The maximum Gasteiger partial charge on any atom is 0.338 e. The number of esters is 1. The maximum atomic E-state index is 12.9. The zero-order chi connectivity index (χ0) is 22.6. The Balaban J connectivity index is 1.62. The van der Waals surface area contributed by atoms with Crippen LogP contribution in [-0.4, -0.2) is 56.4 Å². The molecular formula is C23H27NO6S. The van der Waals surface area contributed by atoms with Crippen molar-refractivity contribution in [1.82, 2.24) is 4.31 Å². The SMILES string of the molecule is CCc1ccc(C(=O)COC(=O)c2ccc(S(=O)(=O)N3CC(C)OC(C)C3)cc2)cc1. The lowest BCUT2D eigenvalue weighted by Gasteiger charge is -2.34. The van der Waals surface area contributed by atoms with Gasteiger partial charge < -0.3 is 9.47 Å². The van der Waals surface area contributed by atoms with Crippen molar-refractivity contribution in [3.8, 4) is 0 Å². The number of ether oxygens (including phenoxy) is 2. The van der Waals surface area contributed by atoms with Gasteiger partial charge >= 0.3 is 5.97 Å². The minimum absolute atomic E-state index is 0.0949. The van der Waals surface area contributed by atoms with Crippen LogP contribution < -0.4 is 0 Å². The second-order valence-corrected chi connectivity index (χ2v) is 9.59. The smallest absolute Gasteiger partial charge is 0.338 e. The summed E-state index contributed by atoms with van der Waals surface area (Å²) in [5.74, 6) is -0.984. The number of ketones is 1. The van der Waals surface area contributed by atoms with E-state index in [1.165, 1.54) is 28.6 Å². The molecule has 0 radical (unpaired) electrons. The van der Waals surface area contributed by atoms with Crippen LogP contribution in [-0.2, 0) is 25.9 Å². The molecule has 0 bridgehead atoms. The third-order valence-electron chi connectivity index (χ3n) is 5.13. The lowest BCUT2D eigenvalue weighted by atomic mass is 10.1. The van der Waals surface area contributed by atoms with Crippen LogP contribution in [0.15, 0.2) is 53.4 Å². The number of Topliss-reactive ketones (excluding diaryl/α,β-unsaturated/α-hetero) is 1. The van der Waals surface area contributed by atoms with Crippen LogP contribution in [0.3, 0.4) is 0 Å². The van der Waals surface area contributed by atoms with Gasteiger partial charge in [0, 0.05) is 18.7 Å². The van der Waals surface area contributed by atoms with Crippen molar-refractivity contribution in [3.05, 3.63) is 65.2 Å². The number of hydrogen-bond donors (Lipinski definition) is 0. The molecule has 1 aliphatic heterocycles. The molecule has 166 valence electrons. The molecule has 7 nitrogen and oxygen atoms in total. The average molecular weight is 446 g/mol. The molecule has 2 aromatic carbocycles. The Morgan fingerprint density at radius 2 is 1.52 bits per heavy atom. The standard InChI is InChI=1S/C23H27NO6S/c1-4-18-5-7-19(8-6-18)22(25)15-29-23(26)20-9-11-21(12-10-20)31(27,28)24-13-16(2)30-17(3)14-24/h5-12,16-17H,4,13-15H2,1-3H3. The van der Waals surface area contributed by atoms with Crippen LogP contribution in [0.2, 0.25) is 0 Å². The van der Waals surface area contributed by atoms with Crippen LogP contribution in [0.1, 0.15) is 47.1 Å². The highest BCUT2D eigenvalue weighted by Gasteiger charge is 2.32. The molecule has 1 aliphatic rings. The quantitative estimate of drug-likeness (QED) is 0.481. The predicted molar refractivity (Wildman–Crippen MR) is 116 cm³/mol. The zero-order valence-electron chi connectivity index (χ0n) is 17.9.